The molecule has 1 unspecified atom stereocenters. The summed E-state index contributed by atoms with van der Waals surface area (Å²) >= 11 is 0. The van der Waals surface area contributed by atoms with E-state index in [0.717, 1.165) is 0 Å². The van der Waals surface area contributed by atoms with Crippen LogP contribution in [0.25, 0.3) is 0 Å². The number of carbonyl (C=O) groups excluding carboxylic acids is 2. The third-order valence-electron chi connectivity index (χ3n) is 3.78. The summed E-state index contributed by atoms with van der Waals surface area (Å²) in [5, 5.41) is 9.04. The van der Waals surface area contributed by atoms with Gasteiger partial charge in [-0.2, -0.15) is 0 Å². The maximum atomic E-state index is 12.0. The molecule has 108 valence electrons. The van der Waals surface area contributed by atoms with E-state index in [1.165, 1.54) is 4.90 Å². The predicted octanol–water partition coefficient (Wildman–Crippen LogP) is 0.744. The van der Waals surface area contributed by atoms with Gasteiger partial charge in [0.15, 0.2) is 0 Å². The fourth-order valence-electron chi connectivity index (χ4n) is 2.24. The van der Waals surface area contributed by atoms with Gasteiger partial charge in [-0.25, -0.2) is 0 Å². The van der Waals surface area contributed by atoms with E-state index in [0.29, 0.717) is 12.8 Å². The second-order valence-corrected chi connectivity index (χ2v) is 5.83. The van der Waals surface area contributed by atoms with Gasteiger partial charge in [-0.3, -0.25) is 19.3 Å². The zero-order valence-electron chi connectivity index (χ0n) is 11.7. The zero-order valence-corrected chi connectivity index (χ0v) is 11.7. The molecule has 0 spiro atoms. The van der Waals surface area contributed by atoms with Gasteiger partial charge in [0.1, 0.15) is 5.54 Å². The molecule has 3 N–H and O–H groups in total. The van der Waals surface area contributed by atoms with E-state index in [2.05, 4.69) is 0 Å². The fraction of sp³-hybridized carbons (Fsp3) is 0.769. The van der Waals surface area contributed by atoms with Crippen molar-refractivity contribution in [2.45, 2.75) is 52.0 Å². The number of amides is 2. The Balaban J connectivity index is 2.57. The summed E-state index contributed by atoms with van der Waals surface area (Å²) in [5.41, 5.74) is 3.84. The zero-order chi connectivity index (χ0) is 14.8. The van der Waals surface area contributed by atoms with Crippen LogP contribution in [0.15, 0.2) is 0 Å². The monoisotopic (exact) mass is 270 g/mol. The molecule has 1 rings (SSSR count). The number of carbonyl (C=O) groups is 3. The van der Waals surface area contributed by atoms with Gasteiger partial charge in [-0.15, -0.1) is 0 Å². The van der Waals surface area contributed by atoms with Crippen LogP contribution in [0.2, 0.25) is 0 Å². The van der Waals surface area contributed by atoms with Crippen molar-refractivity contribution in [3.8, 4) is 0 Å². The highest BCUT2D eigenvalue weighted by Gasteiger charge is 2.44. The maximum absolute atomic E-state index is 12.0. The SMILES string of the molecule is CCC(N)(CCCN1C(=O)CC(C)(C)C1=O)C(=O)O. The number of rotatable bonds is 6. The largest absolute Gasteiger partial charge is 0.480 e. The standard InChI is InChI=1S/C13H22N2O4/c1-4-13(14,11(18)19)6-5-7-15-9(16)8-12(2,3)10(15)17/h4-8,14H2,1-3H3,(H,18,19). The van der Waals surface area contributed by atoms with Gasteiger partial charge in [0.2, 0.25) is 11.8 Å². The van der Waals surface area contributed by atoms with Crippen LogP contribution in [-0.4, -0.2) is 39.9 Å². The first-order chi connectivity index (χ1) is 8.64. The topological polar surface area (TPSA) is 101 Å². The van der Waals surface area contributed by atoms with Crippen molar-refractivity contribution >= 4 is 17.8 Å². The Morgan fingerprint density at radius 1 is 1.47 bits per heavy atom. The lowest BCUT2D eigenvalue weighted by atomic mass is 9.91. The molecule has 0 bridgehead atoms. The van der Waals surface area contributed by atoms with Gasteiger partial charge in [0.05, 0.1) is 5.41 Å². The van der Waals surface area contributed by atoms with Crippen molar-refractivity contribution in [2.75, 3.05) is 6.54 Å². The second kappa shape index (κ2) is 5.28. The molecule has 6 nitrogen and oxygen atoms in total. The van der Waals surface area contributed by atoms with E-state index in [1.807, 2.05) is 0 Å². The highest BCUT2D eigenvalue weighted by molar-refractivity contribution is 6.05. The van der Waals surface area contributed by atoms with Crippen LogP contribution in [0.3, 0.4) is 0 Å². The number of carboxylic acid groups (broad SMARTS) is 1. The van der Waals surface area contributed by atoms with Crippen LogP contribution in [0.4, 0.5) is 0 Å². The number of hydrogen-bond donors (Lipinski definition) is 2. The molecule has 19 heavy (non-hydrogen) atoms. The number of imide groups is 1. The molecule has 0 saturated carbocycles. The third-order valence-corrected chi connectivity index (χ3v) is 3.78. The molecule has 2 amide bonds. The van der Waals surface area contributed by atoms with Crippen molar-refractivity contribution in [2.24, 2.45) is 11.1 Å². The van der Waals surface area contributed by atoms with Crippen molar-refractivity contribution in [1.29, 1.82) is 0 Å². The van der Waals surface area contributed by atoms with Crippen molar-refractivity contribution in [1.82, 2.24) is 4.90 Å². The average molecular weight is 270 g/mol. The van der Waals surface area contributed by atoms with Gasteiger partial charge >= 0.3 is 5.97 Å². The highest BCUT2D eigenvalue weighted by Crippen LogP contribution is 2.31. The normalized spacial score (nSPS) is 21.6. The average Bonchev–Trinajstić information content (AvgIpc) is 2.50. The molecule has 0 aliphatic carbocycles. The van der Waals surface area contributed by atoms with E-state index in [-0.39, 0.29) is 31.2 Å². The Morgan fingerprint density at radius 2 is 2.05 bits per heavy atom. The van der Waals surface area contributed by atoms with Gasteiger partial charge in [-0.1, -0.05) is 20.8 Å². The first-order valence-electron chi connectivity index (χ1n) is 6.51. The summed E-state index contributed by atoms with van der Waals surface area (Å²) in [6, 6.07) is 0. The van der Waals surface area contributed by atoms with Crippen molar-refractivity contribution in [3.63, 3.8) is 0 Å². The van der Waals surface area contributed by atoms with Crippen LogP contribution in [0, 0.1) is 5.41 Å². The molecule has 6 heteroatoms. The predicted molar refractivity (Wildman–Crippen MR) is 69.2 cm³/mol. The molecule has 0 radical (unpaired) electrons. The Morgan fingerprint density at radius 3 is 2.42 bits per heavy atom. The Hall–Kier alpha value is -1.43. The summed E-state index contributed by atoms with van der Waals surface area (Å²) in [6.07, 6.45) is 1.18. The van der Waals surface area contributed by atoms with Gasteiger partial charge in [0.25, 0.3) is 0 Å². The summed E-state index contributed by atoms with van der Waals surface area (Å²) in [5.74, 6) is -1.43. The molecule has 1 aliphatic rings. The molecular weight excluding hydrogens is 248 g/mol. The number of hydrogen-bond acceptors (Lipinski definition) is 4. The second-order valence-electron chi connectivity index (χ2n) is 5.83. The van der Waals surface area contributed by atoms with Crippen LogP contribution >= 0.6 is 0 Å². The molecule has 0 aromatic carbocycles. The van der Waals surface area contributed by atoms with Crippen LogP contribution < -0.4 is 5.73 Å². The lowest BCUT2D eigenvalue weighted by molar-refractivity contribution is -0.143. The van der Waals surface area contributed by atoms with Crippen LogP contribution in [0.5, 0.6) is 0 Å². The van der Waals surface area contributed by atoms with Crippen molar-refractivity contribution in [3.05, 3.63) is 0 Å². The highest BCUT2D eigenvalue weighted by atomic mass is 16.4. The van der Waals surface area contributed by atoms with Gasteiger partial charge < -0.3 is 10.8 Å². The number of aliphatic carboxylic acids is 1. The molecule has 1 heterocycles. The van der Waals surface area contributed by atoms with E-state index in [4.69, 9.17) is 10.8 Å². The minimum atomic E-state index is -1.28. The lowest BCUT2D eigenvalue weighted by Crippen LogP contribution is -2.48. The maximum Gasteiger partial charge on any atom is 0.323 e. The first kappa shape index (κ1) is 15.6. The molecule has 1 saturated heterocycles. The molecule has 0 aromatic rings. The fourth-order valence-corrected chi connectivity index (χ4v) is 2.24. The third kappa shape index (κ3) is 3.12. The summed E-state index contributed by atoms with van der Waals surface area (Å²) in [6.45, 7) is 5.43. The Bertz CT molecular complexity index is 405. The first-order valence-corrected chi connectivity index (χ1v) is 6.51. The minimum absolute atomic E-state index is 0.188. The number of nitrogens with zero attached hydrogens (tertiary/aromatic N) is 1. The van der Waals surface area contributed by atoms with Gasteiger partial charge in [0, 0.05) is 13.0 Å². The van der Waals surface area contributed by atoms with Crippen molar-refractivity contribution < 1.29 is 19.5 Å². The Kier molecular flexibility index (Phi) is 4.35. The molecule has 1 atom stereocenters. The summed E-state index contributed by atoms with van der Waals surface area (Å²) < 4.78 is 0. The smallest absolute Gasteiger partial charge is 0.323 e. The van der Waals surface area contributed by atoms with Gasteiger partial charge in [-0.05, 0) is 19.3 Å². The molecule has 1 aliphatic heterocycles. The quantitative estimate of drug-likeness (QED) is 0.693. The van der Waals surface area contributed by atoms with Crippen LogP contribution in [-0.2, 0) is 14.4 Å². The molecular formula is C13H22N2O4. The molecule has 1 fully saturated rings. The number of carboxylic acids is 1. The minimum Gasteiger partial charge on any atom is -0.480 e. The van der Waals surface area contributed by atoms with E-state index < -0.39 is 16.9 Å². The lowest BCUT2D eigenvalue weighted by Gasteiger charge is -2.24. The number of nitrogens with two attached hydrogens (primary N) is 1. The summed E-state index contributed by atoms with van der Waals surface area (Å²) in [4.78, 5) is 35.9. The molecule has 0 aromatic heterocycles. The Labute approximate surface area is 112 Å². The van der Waals surface area contributed by atoms with E-state index >= 15 is 0 Å². The number of likely N-dealkylation sites (tertiary alicyclic amines) is 1. The van der Waals surface area contributed by atoms with E-state index in [9.17, 15) is 14.4 Å². The van der Waals surface area contributed by atoms with Crippen LogP contribution in [0.1, 0.15) is 46.5 Å². The van der Waals surface area contributed by atoms with E-state index in [1.54, 1.807) is 20.8 Å². The summed E-state index contributed by atoms with van der Waals surface area (Å²) in [7, 11) is 0.